The van der Waals surface area contributed by atoms with Crippen molar-refractivity contribution in [2.24, 2.45) is 23.0 Å². The van der Waals surface area contributed by atoms with Gasteiger partial charge in [0.25, 0.3) is 5.91 Å². The number of Topliss-reactive ketones (excluding diaryl/α,β-unsaturated/α-hetero) is 2. The average Bonchev–Trinajstić information content (AvgIpc) is 2.87. The largest absolute Gasteiger partial charge is 0.508 e. The van der Waals surface area contributed by atoms with Crippen molar-refractivity contribution in [3.63, 3.8) is 0 Å². The van der Waals surface area contributed by atoms with Crippen molar-refractivity contribution in [1.29, 1.82) is 0 Å². The number of phenolic OH excluding ortho intramolecular Hbond substituents is 1. The first-order valence-corrected chi connectivity index (χ1v) is 15.5. The molecule has 0 unspecified atom stereocenters. The van der Waals surface area contributed by atoms with E-state index >= 15 is 0 Å². The van der Waals surface area contributed by atoms with Gasteiger partial charge in [0.1, 0.15) is 22.8 Å². The molecule has 0 aliphatic heterocycles. The molecule has 4 rings (SSSR count). The minimum absolute atomic E-state index is 0.0450. The van der Waals surface area contributed by atoms with Crippen molar-refractivity contribution < 1.29 is 34.8 Å². The van der Waals surface area contributed by atoms with Crippen LogP contribution in [0.2, 0.25) is 0 Å². The smallest absolute Gasteiger partial charge is 0.255 e. The second kappa shape index (κ2) is 11.4. The van der Waals surface area contributed by atoms with Gasteiger partial charge < -0.3 is 31.1 Å². The Hall–Kier alpha value is -3.41. The van der Waals surface area contributed by atoms with Crippen LogP contribution in [0.15, 0.2) is 23.0 Å². The fourth-order valence-corrected chi connectivity index (χ4v) is 8.41. The monoisotopic (exact) mass is 626 g/mol. The highest BCUT2D eigenvalue weighted by atomic mass is 16.3. The molecule has 0 bridgehead atoms. The molecule has 3 aliphatic rings. The third kappa shape index (κ3) is 5.53. The van der Waals surface area contributed by atoms with Crippen LogP contribution in [0.1, 0.15) is 71.1 Å². The number of aliphatic hydroxyl groups is 3. The van der Waals surface area contributed by atoms with Gasteiger partial charge in [-0.3, -0.25) is 24.2 Å². The lowest BCUT2D eigenvalue weighted by molar-refractivity contribution is -0.153. The number of aromatic hydroxyl groups is 1. The molecule has 1 saturated carbocycles. The summed E-state index contributed by atoms with van der Waals surface area (Å²) >= 11 is 0. The summed E-state index contributed by atoms with van der Waals surface area (Å²) in [5.74, 6) is -6.59. The molecule has 0 saturated heterocycles. The Kier molecular flexibility index (Phi) is 8.76. The molecule has 0 spiro atoms. The van der Waals surface area contributed by atoms with Crippen LogP contribution in [0.4, 0.5) is 5.69 Å². The van der Waals surface area contributed by atoms with Gasteiger partial charge in [0.15, 0.2) is 11.4 Å². The van der Waals surface area contributed by atoms with Gasteiger partial charge in [-0.25, -0.2) is 0 Å². The van der Waals surface area contributed by atoms with E-state index < -0.39 is 58.0 Å². The number of benzene rings is 1. The van der Waals surface area contributed by atoms with Crippen LogP contribution < -0.4 is 10.6 Å². The number of phenols is 1. The Morgan fingerprint density at radius 1 is 1.07 bits per heavy atom. The molecular weight excluding hydrogens is 576 g/mol. The zero-order valence-electron chi connectivity index (χ0n) is 28.3. The quantitative estimate of drug-likeness (QED) is 0.271. The number of aliphatic hydroxyl groups excluding tert-OH is 2. The van der Waals surface area contributed by atoms with E-state index in [1.165, 1.54) is 4.90 Å². The van der Waals surface area contributed by atoms with Crippen LogP contribution in [-0.4, -0.2) is 99.6 Å². The number of amides is 1. The van der Waals surface area contributed by atoms with Gasteiger partial charge in [0.05, 0.1) is 11.6 Å². The molecule has 4 atom stereocenters. The molecule has 45 heavy (non-hydrogen) atoms. The van der Waals surface area contributed by atoms with Gasteiger partial charge >= 0.3 is 0 Å². The summed E-state index contributed by atoms with van der Waals surface area (Å²) in [6.45, 7) is 14.5. The summed E-state index contributed by atoms with van der Waals surface area (Å²) in [4.78, 5) is 45.6. The Labute approximate surface area is 266 Å². The number of hydrogen-bond donors (Lipinski definition) is 5. The standard InChI is InChI=1S/C34H50N4O7/c1-11-38(33(5,6)16-32(2,3)4)15-18-14-21(39)23-19(25(18)36(7)8)12-17-13-20-26(37(9)10)28(41)24(31(35)44)30(43)34(20,45)29(42)22(17)27(23)40/h14,17,20,26,39-40,43,45H,11-13,15-16H2,1-10H3,(H2,35,44)/t17-,20-,26-,34-/m0/s1. The van der Waals surface area contributed by atoms with Gasteiger partial charge in [-0.15, -0.1) is 0 Å². The van der Waals surface area contributed by atoms with Crippen molar-refractivity contribution in [2.45, 2.75) is 84.5 Å². The predicted molar refractivity (Wildman–Crippen MR) is 173 cm³/mol. The predicted octanol–water partition coefficient (Wildman–Crippen LogP) is 3.07. The summed E-state index contributed by atoms with van der Waals surface area (Å²) in [7, 11) is 6.96. The van der Waals surface area contributed by atoms with Crippen LogP contribution in [0.3, 0.4) is 0 Å². The molecule has 6 N–H and O–H groups in total. The molecular formula is C34H50N4O7. The van der Waals surface area contributed by atoms with Crippen molar-refractivity contribution in [1.82, 2.24) is 9.80 Å². The molecule has 1 fully saturated rings. The van der Waals surface area contributed by atoms with Gasteiger partial charge in [-0.05, 0) is 82.3 Å². The van der Waals surface area contributed by atoms with Crippen molar-refractivity contribution in [3.05, 3.63) is 39.7 Å². The number of hydrogen-bond acceptors (Lipinski definition) is 10. The third-order valence-electron chi connectivity index (χ3n) is 9.78. The minimum atomic E-state index is -2.66. The fourth-order valence-electron chi connectivity index (χ4n) is 8.41. The van der Waals surface area contributed by atoms with Crippen LogP contribution in [0.25, 0.3) is 5.76 Å². The molecule has 0 aromatic heterocycles. The maximum absolute atomic E-state index is 14.2. The van der Waals surface area contributed by atoms with Crippen LogP contribution in [0, 0.1) is 17.3 Å². The van der Waals surface area contributed by atoms with E-state index in [0.29, 0.717) is 12.1 Å². The zero-order valence-corrected chi connectivity index (χ0v) is 28.3. The Balaban J connectivity index is 1.91. The summed E-state index contributed by atoms with van der Waals surface area (Å²) in [6.07, 6.45) is 1.22. The SMILES string of the molecule is CCN(Cc1cc(O)c2c(c1N(C)C)C[C@H]1C[C@H]3[C@H](N(C)C)C(=O)C(C(N)=O)=C(O)[C@@]3(O)C(=O)C1=C2O)C(C)(C)CC(C)(C)C. The van der Waals surface area contributed by atoms with Crippen molar-refractivity contribution >= 4 is 28.9 Å². The molecule has 1 amide bonds. The van der Waals surface area contributed by atoms with Gasteiger partial charge in [0.2, 0.25) is 5.78 Å². The van der Waals surface area contributed by atoms with Crippen LogP contribution in [-0.2, 0) is 27.3 Å². The minimum Gasteiger partial charge on any atom is -0.508 e. The first-order chi connectivity index (χ1) is 20.6. The molecule has 3 aliphatic carbocycles. The van der Waals surface area contributed by atoms with E-state index in [-0.39, 0.29) is 40.7 Å². The number of carbonyl (C=O) groups excluding carboxylic acids is 3. The first-order valence-electron chi connectivity index (χ1n) is 15.5. The number of ketones is 2. The summed E-state index contributed by atoms with van der Waals surface area (Å²) < 4.78 is 0. The lowest BCUT2D eigenvalue weighted by atomic mass is 9.57. The highest BCUT2D eigenvalue weighted by Crippen LogP contribution is 2.54. The summed E-state index contributed by atoms with van der Waals surface area (Å²) in [6, 6.07) is 0.495. The van der Waals surface area contributed by atoms with Gasteiger partial charge in [-0.1, -0.05) is 27.7 Å². The summed E-state index contributed by atoms with van der Waals surface area (Å²) in [5, 5.41) is 46.0. The van der Waals surface area contributed by atoms with E-state index in [0.717, 1.165) is 24.2 Å². The first kappa shape index (κ1) is 34.5. The molecule has 0 radical (unpaired) electrons. The highest BCUT2D eigenvalue weighted by molar-refractivity contribution is 6.24. The normalized spacial score (nSPS) is 25.5. The molecule has 11 nitrogen and oxygen atoms in total. The topological polar surface area (TPSA) is 168 Å². The molecule has 0 heterocycles. The lowest BCUT2D eigenvalue weighted by Gasteiger charge is -2.50. The fraction of sp³-hybridized carbons (Fsp3) is 0.618. The van der Waals surface area contributed by atoms with Crippen LogP contribution in [0.5, 0.6) is 5.75 Å². The summed E-state index contributed by atoms with van der Waals surface area (Å²) in [5.41, 5.74) is 4.13. The number of rotatable bonds is 8. The van der Waals surface area contributed by atoms with E-state index in [9.17, 15) is 34.8 Å². The van der Waals surface area contributed by atoms with E-state index in [4.69, 9.17) is 5.73 Å². The highest BCUT2D eigenvalue weighted by Gasteiger charge is 2.64. The molecule has 11 heteroatoms. The Bertz CT molecular complexity index is 1500. The molecule has 248 valence electrons. The van der Waals surface area contributed by atoms with Crippen molar-refractivity contribution in [2.75, 3.05) is 39.6 Å². The maximum Gasteiger partial charge on any atom is 0.255 e. The van der Waals surface area contributed by atoms with E-state index in [2.05, 4.69) is 46.4 Å². The number of anilines is 1. The van der Waals surface area contributed by atoms with Crippen LogP contribution >= 0.6 is 0 Å². The molecule has 1 aromatic carbocycles. The second-order valence-electron chi connectivity index (χ2n) is 15.2. The Morgan fingerprint density at radius 2 is 1.67 bits per heavy atom. The van der Waals surface area contributed by atoms with Gasteiger partial charge in [0, 0.05) is 43.4 Å². The zero-order chi connectivity index (χ0) is 34.1. The number of nitrogens with zero attached hydrogens (tertiary/aromatic N) is 3. The molecule has 1 aromatic rings. The number of fused-ring (bicyclic) bond motifs is 3. The second-order valence-corrected chi connectivity index (χ2v) is 15.2. The number of likely N-dealkylation sites (N-methyl/N-ethyl adjacent to an activating group) is 1. The maximum atomic E-state index is 14.2. The van der Waals surface area contributed by atoms with Crippen molar-refractivity contribution in [3.8, 4) is 5.75 Å². The van der Waals surface area contributed by atoms with Gasteiger partial charge in [-0.2, -0.15) is 0 Å². The number of carbonyl (C=O) groups is 3. The lowest BCUT2D eigenvalue weighted by Crippen LogP contribution is -2.65. The van der Waals surface area contributed by atoms with E-state index in [1.807, 2.05) is 19.0 Å². The average molecular weight is 627 g/mol. The Morgan fingerprint density at radius 3 is 2.16 bits per heavy atom. The van der Waals surface area contributed by atoms with E-state index in [1.54, 1.807) is 20.2 Å². The number of primary amides is 1. The number of nitrogens with two attached hydrogens (primary N) is 1. The third-order valence-corrected chi connectivity index (χ3v) is 9.78.